The van der Waals surface area contributed by atoms with Crippen molar-refractivity contribution in [2.75, 3.05) is 14.2 Å². The van der Waals surface area contributed by atoms with Crippen LogP contribution < -0.4 is 5.48 Å². The first-order valence-corrected chi connectivity index (χ1v) is 5.11. The largest absolute Gasteiger partial charge is 0.465 e. The lowest BCUT2D eigenvalue weighted by Gasteiger charge is -2.21. The number of carbonyl (C=O) groups excluding carboxylic acids is 1. The maximum atomic E-state index is 11.5. The minimum absolute atomic E-state index is 0.129. The Morgan fingerprint density at radius 1 is 1.60 bits per heavy atom. The summed E-state index contributed by atoms with van der Waals surface area (Å²) in [5.74, 6) is -1.23. The van der Waals surface area contributed by atoms with E-state index in [0.29, 0.717) is 12.3 Å². The molecule has 1 heterocycles. The fourth-order valence-electron chi connectivity index (χ4n) is 1.78. The summed E-state index contributed by atoms with van der Waals surface area (Å²) < 4.78 is 9.76. The Kier molecular flexibility index (Phi) is 4.07. The first-order chi connectivity index (χ1) is 7.04. The van der Waals surface area contributed by atoms with E-state index in [1.807, 2.05) is 0 Å². The summed E-state index contributed by atoms with van der Waals surface area (Å²) in [5.41, 5.74) is 2.82. The van der Waals surface area contributed by atoms with Crippen molar-refractivity contribution in [3.63, 3.8) is 0 Å². The molecule has 1 N–H and O–H groups in total. The molecule has 0 bridgehead atoms. The van der Waals surface area contributed by atoms with Crippen LogP contribution in [0.25, 0.3) is 0 Å². The molecular weight excluding hydrogens is 198 g/mol. The number of esters is 1. The number of rotatable bonds is 4. The maximum Gasteiger partial charge on any atom is 0.368 e. The third kappa shape index (κ3) is 2.68. The second-order valence-electron chi connectivity index (χ2n) is 4.20. The third-order valence-electron chi connectivity index (χ3n) is 2.49. The topological polar surface area (TPSA) is 56.8 Å². The number of hydrogen-bond acceptors (Lipinski definition) is 5. The average Bonchev–Trinajstić information content (AvgIpc) is 2.60. The van der Waals surface area contributed by atoms with Crippen molar-refractivity contribution >= 4 is 5.97 Å². The van der Waals surface area contributed by atoms with Crippen molar-refractivity contribution in [2.24, 2.45) is 5.92 Å². The van der Waals surface area contributed by atoms with Gasteiger partial charge in [0.1, 0.15) is 0 Å². The molecule has 1 aliphatic rings. The molecule has 0 aromatic carbocycles. The first kappa shape index (κ1) is 12.4. The van der Waals surface area contributed by atoms with E-state index in [2.05, 4.69) is 24.1 Å². The van der Waals surface area contributed by atoms with Crippen molar-refractivity contribution in [2.45, 2.75) is 38.5 Å². The van der Waals surface area contributed by atoms with E-state index in [-0.39, 0.29) is 6.04 Å². The first-order valence-electron chi connectivity index (χ1n) is 5.11. The van der Waals surface area contributed by atoms with E-state index in [9.17, 15) is 4.79 Å². The fraction of sp³-hybridized carbons (Fsp3) is 0.900. The summed E-state index contributed by atoms with van der Waals surface area (Å²) in [6.07, 6.45) is 1.41. The van der Waals surface area contributed by atoms with Crippen molar-refractivity contribution in [3.8, 4) is 0 Å². The fourth-order valence-corrected chi connectivity index (χ4v) is 1.78. The molecule has 15 heavy (non-hydrogen) atoms. The lowest BCUT2D eigenvalue weighted by molar-refractivity contribution is -0.235. The van der Waals surface area contributed by atoms with E-state index in [0.717, 1.165) is 6.42 Å². The van der Waals surface area contributed by atoms with Crippen LogP contribution in [-0.4, -0.2) is 32.0 Å². The third-order valence-corrected chi connectivity index (χ3v) is 2.49. The van der Waals surface area contributed by atoms with E-state index < -0.39 is 11.8 Å². The molecule has 1 fully saturated rings. The van der Waals surface area contributed by atoms with Crippen LogP contribution in [0.2, 0.25) is 0 Å². The molecule has 0 aromatic rings. The van der Waals surface area contributed by atoms with Gasteiger partial charge in [0.2, 0.25) is 0 Å². The smallest absolute Gasteiger partial charge is 0.368 e. The zero-order valence-electron chi connectivity index (χ0n) is 9.70. The van der Waals surface area contributed by atoms with Gasteiger partial charge in [0.15, 0.2) is 0 Å². The Morgan fingerprint density at radius 2 is 2.27 bits per heavy atom. The highest BCUT2D eigenvalue weighted by Gasteiger charge is 2.49. The van der Waals surface area contributed by atoms with E-state index in [1.165, 1.54) is 14.2 Å². The number of nitrogens with one attached hydrogen (secondary N) is 1. The standard InChI is InChI=1S/C10H19NO4/c1-7(2)5-8-6-10(14-4,15-11-8)9(12)13-3/h7-8,11H,5-6H2,1-4H3/t8-,10?/m0/s1. The van der Waals surface area contributed by atoms with Crippen molar-refractivity contribution in [3.05, 3.63) is 0 Å². The van der Waals surface area contributed by atoms with Crippen LogP contribution in [0.5, 0.6) is 0 Å². The number of methoxy groups -OCH3 is 2. The second kappa shape index (κ2) is 4.92. The monoisotopic (exact) mass is 217 g/mol. The van der Waals surface area contributed by atoms with Gasteiger partial charge in [-0.15, -0.1) is 0 Å². The van der Waals surface area contributed by atoms with Crippen LogP contribution in [0, 0.1) is 5.92 Å². The van der Waals surface area contributed by atoms with Gasteiger partial charge in [-0.2, -0.15) is 5.48 Å². The van der Waals surface area contributed by atoms with Crippen LogP contribution in [-0.2, 0) is 19.1 Å². The summed E-state index contributed by atoms with van der Waals surface area (Å²) in [4.78, 5) is 16.7. The Balaban J connectivity index is 2.61. The van der Waals surface area contributed by atoms with Gasteiger partial charge in [0, 0.05) is 19.6 Å². The van der Waals surface area contributed by atoms with Crippen LogP contribution in [0.15, 0.2) is 0 Å². The molecule has 5 heteroatoms. The van der Waals surface area contributed by atoms with Crippen molar-refractivity contribution in [1.29, 1.82) is 0 Å². The molecular formula is C10H19NO4. The SMILES string of the molecule is COC(=O)C1(OC)C[C@H](CC(C)C)NO1. The molecule has 0 saturated carbocycles. The highest BCUT2D eigenvalue weighted by molar-refractivity contribution is 5.78. The Hall–Kier alpha value is -0.650. The molecule has 1 saturated heterocycles. The molecule has 5 nitrogen and oxygen atoms in total. The van der Waals surface area contributed by atoms with Crippen LogP contribution in [0.3, 0.4) is 0 Å². The predicted molar refractivity (Wildman–Crippen MR) is 53.8 cm³/mol. The quantitative estimate of drug-likeness (QED) is 0.707. The molecule has 1 aliphatic heterocycles. The number of ether oxygens (including phenoxy) is 2. The van der Waals surface area contributed by atoms with Gasteiger partial charge in [-0.3, -0.25) is 4.84 Å². The lowest BCUT2D eigenvalue weighted by Crippen LogP contribution is -2.42. The van der Waals surface area contributed by atoms with Gasteiger partial charge < -0.3 is 9.47 Å². The number of carbonyl (C=O) groups is 1. The molecule has 2 atom stereocenters. The van der Waals surface area contributed by atoms with Crippen LogP contribution in [0.1, 0.15) is 26.7 Å². The predicted octanol–water partition coefficient (Wildman–Crippen LogP) is 0.842. The molecule has 1 unspecified atom stereocenters. The minimum Gasteiger partial charge on any atom is -0.465 e. The molecule has 0 spiro atoms. The normalized spacial score (nSPS) is 30.9. The molecule has 0 aliphatic carbocycles. The number of hydroxylamine groups is 1. The molecule has 0 amide bonds. The van der Waals surface area contributed by atoms with Crippen LogP contribution in [0.4, 0.5) is 0 Å². The van der Waals surface area contributed by atoms with E-state index in [4.69, 9.17) is 9.57 Å². The van der Waals surface area contributed by atoms with Crippen molar-refractivity contribution < 1.29 is 19.1 Å². The van der Waals surface area contributed by atoms with Gasteiger partial charge in [-0.1, -0.05) is 13.8 Å². The highest BCUT2D eigenvalue weighted by Crippen LogP contribution is 2.28. The second-order valence-corrected chi connectivity index (χ2v) is 4.20. The van der Waals surface area contributed by atoms with Crippen LogP contribution >= 0.6 is 0 Å². The van der Waals surface area contributed by atoms with Gasteiger partial charge in [-0.05, 0) is 12.3 Å². The molecule has 0 aromatic heterocycles. The van der Waals surface area contributed by atoms with Gasteiger partial charge in [-0.25, -0.2) is 4.79 Å². The summed E-state index contributed by atoms with van der Waals surface area (Å²) in [6, 6.07) is 0.129. The zero-order chi connectivity index (χ0) is 11.5. The summed E-state index contributed by atoms with van der Waals surface area (Å²) in [5, 5.41) is 0. The van der Waals surface area contributed by atoms with E-state index >= 15 is 0 Å². The lowest BCUT2D eigenvalue weighted by atomic mass is 9.99. The Labute approximate surface area is 90.0 Å². The Morgan fingerprint density at radius 3 is 2.73 bits per heavy atom. The minimum atomic E-state index is -1.27. The summed E-state index contributed by atoms with van der Waals surface area (Å²) >= 11 is 0. The van der Waals surface area contributed by atoms with Gasteiger partial charge in [0.25, 0.3) is 5.79 Å². The Bertz CT molecular complexity index is 231. The summed E-state index contributed by atoms with van der Waals surface area (Å²) in [6.45, 7) is 4.24. The molecule has 0 radical (unpaired) electrons. The van der Waals surface area contributed by atoms with E-state index in [1.54, 1.807) is 0 Å². The summed E-state index contributed by atoms with van der Waals surface area (Å²) in [7, 11) is 2.76. The average molecular weight is 217 g/mol. The van der Waals surface area contributed by atoms with Gasteiger partial charge in [0.05, 0.1) is 7.11 Å². The zero-order valence-corrected chi connectivity index (χ0v) is 9.70. The maximum absolute atomic E-state index is 11.5. The van der Waals surface area contributed by atoms with Gasteiger partial charge >= 0.3 is 5.97 Å². The number of hydrogen-bond donors (Lipinski definition) is 1. The molecule has 1 rings (SSSR count). The highest BCUT2D eigenvalue weighted by atomic mass is 16.8. The molecule has 88 valence electrons. The van der Waals surface area contributed by atoms with Crippen molar-refractivity contribution in [1.82, 2.24) is 5.48 Å².